The van der Waals surface area contributed by atoms with Crippen molar-refractivity contribution in [2.24, 2.45) is 0 Å². The number of anilines is 1. The lowest BCUT2D eigenvalue weighted by molar-refractivity contribution is 0.102. The summed E-state index contributed by atoms with van der Waals surface area (Å²) in [5.74, 6) is -0.209. The second-order valence-corrected chi connectivity index (χ2v) is 6.93. The van der Waals surface area contributed by atoms with Gasteiger partial charge in [-0.15, -0.1) is 0 Å². The summed E-state index contributed by atoms with van der Waals surface area (Å²) < 4.78 is 32.0. The van der Waals surface area contributed by atoms with Crippen molar-refractivity contribution >= 4 is 21.6 Å². The Bertz CT molecular complexity index is 847. The zero-order chi connectivity index (χ0) is 17.7. The number of hydrogen-bond acceptors (Lipinski definition) is 4. The maximum Gasteiger partial charge on any atom is 0.255 e. The maximum absolute atomic E-state index is 12.4. The second kappa shape index (κ2) is 7.46. The zero-order valence-corrected chi connectivity index (χ0v) is 14.6. The van der Waals surface area contributed by atoms with Crippen LogP contribution >= 0.6 is 0 Å². The van der Waals surface area contributed by atoms with Crippen molar-refractivity contribution in [3.05, 3.63) is 53.6 Å². The molecule has 2 rings (SSSR count). The molecule has 2 aromatic rings. The molecule has 0 aliphatic rings. The summed E-state index contributed by atoms with van der Waals surface area (Å²) in [6, 6.07) is 11.7. The molecule has 24 heavy (non-hydrogen) atoms. The van der Waals surface area contributed by atoms with E-state index in [0.717, 1.165) is 5.56 Å². The van der Waals surface area contributed by atoms with Crippen molar-refractivity contribution in [3.63, 3.8) is 0 Å². The number of amides is 1. The molecule has 0 atom stereocenters. The lowest BCUT2D eigenvalue weighted by Gasteiger charge is -2.12. The van der Waals surface area contributed by atoms with E-state index >= 15 is 0 Å². The van der Waals surface area contributed by atoms with E-state index in [1.807, 2.05) is 25.1 Å². The first kappa shape index (κ1) is 18.0. The molecule has 0 unspecified atom stereocenters. The summed E-state index contributed by atoms with van der Waals surface area (Å²) >= 11 is 0. The van der Waals surface area contributed by atoms with Gasteiger partial charge in [-0.05, 0) is 42.8 Å². The number of rotatable bonds is 6. The highest BCUT2D eigenvalue weighted by Crippen LogP contribution is 2.25. The molecule has 2 N–H and O–H groups in total. The lowest BCUT2D eigenvalue weighted by Crippen LogP contribution is -2.24. The summed E-state index contributed by atoms with van der Waals surface area (Å²) in [6.07, 6.45) is 0. The van der Waals surface area contributed by atoms with E-state index in [0.29, 0.717) is 5.69 Å². The number of hydrogen-bond donors (Lipinski definition) is 2. The SMILES string of the molecule is CCNS(=O)(=O)c1cc(C(=O)Nc2cccc(C)c2)ccc1OC. The Kier molecular flexibility index (Phi) is 5.58. The summed E-state index contributed by atoms with van der Waals surface area (Å²) in [7, 11) is -2.36. The van der Waals surface area contributed by atoms with Gasteiger partial charge in [0, 0.05) is 17.8 Å². The van der Waals surface area contributed by atoms with Gasteiger partial charge in [-0.1, -0.05) is 19.1 Å². The molecule has 0 heterocycles. The molecule has 0 spiro atoms. The minimum absolute atomic E-state index is 0.0660. The van der Waals surface area contributed by atoms with E-state index in [4.69, 9.17) is 4.74 Å². The third-order valence-corrected chi connectivity index (χ3v) is 4.89. The summed E-state index contributed by atoms with van der Waals surface area (Å²) in [5.41, 5.74) is 1.89. The predicted molar refractivity (Wildman–Crippen MR) is 93.0 cm³/mol. The Morgan fingerprint density at radius 1 is 1.17 bits per heavy atom. The van der Waals surface area contributed by atoms with Crippen LogP contribution in [0, 0.1) is 6.92 Å². The number of ether oxygens (including phenoxy) is 1. The van der Waals surface area contributed by atoms with Crippen molar-refractivity contribution < 1.29 is 17.9 Å². The number of benzene rings is 2. The van der Waals surface area contributed by atoms with Crippen LogP contribution in [0.5, 0.6) is 5.75 Å². The Balaban J connectivity index is 2.36. The van der Waals surface area contributed by atoms with Crippen LogP contribution in [0.3, 0.4) is 0 Å². The molecular weight excluding hydrogens is 328 g/mol. The highest BCUT2D eigenvalue weighted by molar-refractivity contribution is 7.89. The van der Waals surface area contributed by atoms with Crippen LogP contribution in [0.4, 0.5) is 5.69 Å². The van der Waals surface area contributed by atoms with Crippen molar-refractivity contribution in [2.75, 3.05) is 19.0 Å². The number of aryl methyl sites for hydroxylation is 1. The van der Waals surface area contributed by atoms with Gasteiger partial charge in [0.2, 0.25) is 10.0 Å². The molecule has 0 aliphatic carbocycles. The number of carbonyl (C=O) groups is 1. The molecule has 0 radical (unpaired) electrons. The quantitative estimate of drug-likeness (QED) is 0.840. The van der Waals surface area contributed by atoms with Crippen molar-refractivity contribution in [3.8, 4) is 5.75 Å². The van der Waals surface area contributed by atoms with E-state index in [2.05, 4.69) is 10.0 Å². The highest BCUT2D eigenvalue weighted by atomic mass is 32.2. The molecule has 0 aliphatic heterocycles. The molecular formula is C17H20N2O4S. The summed E-state index contributed by atoms with van der Waals surface area (Å²) in [4.78, 5) is 12.3. The fourth-order valence-corrected chi connectivity index (χ4v) is 3.46. The monoisotopic (exact) mass is 348 g/mol. The molecule has 128 valence electrons. The van der Waals surface area contributed by atoms with Gasteiger partial charge in [-0.3, -0.25) is 4.79 Å². The van der Waals surface area contributed by atoms with Gasteiger partial charge in [0.25, 0.3) is 5.91 Å². The van der Waals surface area contributed by atoms with Crippen molar-refractivity contribution in [1.82, 2.24) is 4.72 Å². The normalized spacial score (nSPS) is 11.1. The standard InChI is InChI=1S/C17H20N2O4S/c1-4-18-24(21,22)16-11-13(8-9-15(16)23-3)17(20)19-14-7-5-6-12(2)10-14/h5-11,18H,4H2,1-3H3,(H,19,20). The minimum Gasteiger partial charge on any atom is -0.495 e. The minimum atomic E-state index is -3.74. The number of carbonyl (C=O) groups excluding carboxylic acids is 1. The predicted octanol–water partition coefficient (Wildman–Crippen LogP) is 2.55. The average molecular weight is 348 g/mol. The smallest absolute Gasteiger partial charge is 0.255 e. The van der Waals surface area contributed by atoms with Gasteiger partial charge in [0.05, 0.1) is 7.11 Å². The zero-order valence-electron chi connectivity index (χ0n) is 13.8. The second-order valence-electron chi connectivity index (χ2n) is 5.19. The molecule has 0 saturated carbocycles. The molecule has 0 fully saturated rings. The first-order valence-electron chi connectivity index (χ1n) is 7.43. The van der Waals surface area contributed by atoms with Gasteiger partial charge < -0.3 is 10.1 Å². The fourth-order valence-electron chi connectivity index (χ4n) is 2.22. The van der Waals surface area contributed by atoms with E-state index in [1.54, 1.807) is 13.0 Å². The average Bonchev–Trinajstić information content (AvgIpc) is 2.54. The topological polar surface area (TPSA) is 84.5 Å². The first-order valence-corrected chi connectivity index (χ1v) is 8.91. The van der Waals surface area contributed by atoms with E-state index < -0.39 is 15.9 Å². The molecule has 2 aromatic carbocycles. The molecule has 0 saturated heterocycles. The van der Waals surface area contributed by atoms with Crippen LogP contribution in [0.15, 0.2) is 47.4 Å². The van der Waals surface area contributed by atoms with Crippen molar-refractivity contribution in [2.45, 2.75) is 18.7 Å². The van der Waals surface area contributed by atoms with Crippen LogP contribution in [0.1, 0.15) is 22.8 Å². The van der Waals surface area contributed by atoms with E-state index in [1.165, 1.54) is 25.3 Å². The summed E-state index contributed by atoms with van der Waals surface area (Å²) in [5, 5.41) is 2.75. The maximum atomic E-state index is 12.4. The Morgan fingerprint density at radius 2 is 1.92 bits per heavy atom. The first-order chi connectivity index (χ1) is 11.4. The van der Waals surface area contributed by atoms with Crippen LogP contribution in [-0.2, 0) is 10.0 Å². The molecule has 0 aromatic heterocycles. The Hall–Kier alpha value is -2.38. The largest absolute Gasteiger partial charge is 0.495 e. The van der Waals surface area contributed by atoms with Gasteiger partial charge in [-0.25, -0.2) is 13.1 Å². The fraction of sp³-hybridized carbons (Fsp3) is 0.235. The third kappa shape index (κ3) is 4.12. The van der Waals surface area contributed by atoms with E-state index in [-0.39, 0.29) is 22.8 Å². The van der Waals surface area contributed by atoms with Crippen LogP contribution in [0.2, 0.25) is 0 Å². The number of nitrogens with one attached hydrogen (secondary N) is 2. The Morgan fingerprint density at radius 3 is 2.54 bits per heavy atom. The van der Waals surface area contributed by atoms with Gasteiger partial charge in [-0.2, -0.15) is 0 Å². The Labute approximate surface area is 141 Å². The van der Waals surface area contributed by atoms with Crippen LogP contribution in [0.25, 0.3) is 0 Å². The van der Waals surface area contributed by atoms with E-state index in [9.17, 15) is 13.2 Å². The van der Waals surface area contributed by atoms with Crippen LogP contribution in [-0.4, -0.2) is 28.0 Å². The number of sulfonamides is 1. The van der Waals surface area contributed by atoms with Gasteiger partial charge >= 0.3 is 0 Å². The van der Waals surface area contributed by atoms with Gasteiger partial charge in [0.1, 0.15) is 10.6 Å². The third-order valence-electron chi connectivity index (χ3n) is 3.33. The van der Waals surface area contributed by atoms with Crippen molar-refractivity contribution in [1.29, 1.82) is 0 Å². The van der Waals surface area contributed by atoms with Crippen LogP contribution < -0.4 is 14.8 Å². The molecule has 1 amide bonds. The molecule has 0 bridgehead atoms. The van der Waals surface area contributed by atoms with Gasteiger partial charge in [0.15, 0.2) is 0 Å². The number of methoxy groups -OCH3 is 1. The lowest BCUT2D eigenvalue weighted by atomic mass is 10.2. The molecule has 7 heteroatoms. The summed E-state index contributed by atoms with van der Waals surface area (Å²) in [6.45, 7) is 3.84. The highest BCUT2D eigenvalue weighted by Gasteiger charge is 2.21. The molecule has 6 nitrogen and oxygen atoms in total.